The zero-order valence-electron chi connectivity index (χ0n) is 13.7. The van der Waals surface area contributed by atoms with E-state index in [9.17, 15) is 5.11 Å². The average molecular weight is 336 g/mol. The first-order valence-electron chi connectivity index (χ1n) is 7.69. The lowest BCUT2D eigenvalue weighted by molar-refractivity contribution is 0.413. The summed E-state index contributed by atoms with van der Waals surface area (Å²) in [5.41, 5.74) is 0.714. The smallest absolute Gasteiger partial charge is 0.222 e. The van der Waals surface area contributed by atoms with E-state index in [2.05, 4.69) is 9.97 Å². The molecule has 0 aliphatic rings. The number of fused-ring (bicyclic) bond motifs is 2. The largest absolute Gasteiger partial charge is 0.497 e. The molecule has 2 aromatic carbocycles. The molecule has 0 atom stereocenters. The highest BCUT2D eigenvalue weighted by atomic mass is 16.5. The van der Waals surface area contributed by atoms with Crippen LogP contribution >= 0.6 is 0 Å². The van der Waals surface area contributed by atoms with Gasteiger partial charge >= 0.3 is 0 Å². The van der Waals surface area contributed by atoms with Crippen molar-refractivity contribution < 1.29 is 19.3 Å². The molecule has 2 heterocycles. The van der Waals surface area contributed by atoms with Gasteiger partial charge in [0.25, 0.3) is 0 Å². The molecule has 0 saturated heterocycles. The third kappa shape index (κ3) is 2.39. The summed E-state index contributed by atoms with van der Waals surface area (Å²) >= 11 is 0. The van der Waals surface area contributed by atoms with Crippen molar-refractivity contribution >= 4 is 21.7 Å². The van der Waals surface area contributed by atoms with Crippen LogP contribution in [0.5, 0.6) is 28.9 Å². The fraction of sp³-hybridized carbons (Fsp3) is 0.105. The van der Waals surface area contributed by atoms with E-state index in [0.717, 1.165) is 11.1 Å². The molecule has 0 aliphatic carbocycles. The minimum atomic E-state index is -0.101. The van der Waals surface area contributed by atoms with Gasteiger partial charge in [0.05, 0.1) is 30.5 Å². The number of benzene rings is 2. The van der Waals surface area contributed by atoms with Gasteiger partial charge in [-0.05, 0) is 36.4 Å². The van der Waals surface area contributed by atoms with Gasteiger partial charge in [-0.1, -0.05) is 0 Å². The van der Waals surface area contributed by atoms with Gasteiger partial charge in [-0.2, -0.15) is 0 Å². The molecular formula is C19H16N2O4. The van der Waals surface area contributed by atoms with Crippen LogP contribution in [0.25, 0.3) is 21.7 Å². The third-order valence-electron chi connectivity index (χ3n) is 4.09. The maximum atomic E-state index is 10.3. The zero-order chi connectivity index (χ0) is 17.4. The maximum absolute atomic E-state index is 10.3. The summed E-state index contributed by atoms with van der Waals surface area (Å²) in [5, 5.41) is 12.3. The lowest BCUT2D eigenvalue weighted by Crippen LogP contribution is -1.93. The van der Waals surface area contributed by atoms with E-state index in [1.165, 1.54) is 0 Å². The molecule has 2 aromatic heterocycles. The van der Waals surface area contributed by atoms with Crippen LogP contribution in [0.15, 0.2) is 48.8 Å². The third-order valence-corrected chi connectivity index (χ3v) is 4.09. The van der Waals surface area contributed by atoms with E-state index in [1.807, 2.05) is 24.3 Å². The van der Waals surface area contributed by atoms with Gasteiger partial charge in [-0.15, -0.1) is 0 Å². The molecule has 126 valence electrons. The fourth-order valence-electron chi connectivity index (χ4n) is 2.94. The van der Waals surface area contributed by atoms with E-state index in [4.69, 9.17) is 14.2 Å². The summed E-state index contributed by atoms with van der Waals surface area (Å²) in [6.07, 6.45) is 3.37. The standard InChI is InChI=1S/C19H16N2O4/c1-23-11-5-7-12(8-6-11)25-18-15-14(10-21-19(15)22)17(24-2)13-4-3-9-20-16(13)18/h3-10,20,22H,1-2H3. The van der Waals surface area contributed by atoms with Crippen LogP contribution in [0.4, 0.5) is 0 Å². The van der Waals surface area contributed by atoms with Crippen molar-refractivity contribution in [3.05, 3.63) is 48.8 Å². The van der Waals surface area contributed by atoms with Crippen LogP contribution in [0.2, 0.25) is 0 Å². The maximum Gasteiger partial charge on any atom is 0.222 e. The number of hydrogen-bond acceptors (Lipinski definition) is 5. The van der Waals surface area contributed by atoms with Crippen LogP contribution in [0.3, 0.4) is 0 Å². The van der Waals surface area contributed by atoms with Gasteiger partial charge in [0.2, 0.25) is 5.88 Å². The zero-order valence-corrected chi connectivity index (χ0v) is 13.7. The van der Waals surface area contributed by atoms with E-state index < -0.39 is 0 Å². The number of hydrogen-bond donors (Lipinski definition) is 2. The molecule has 6 heteroatoms. The highest BCUT2D eigenvalue weighted by molar-refractivity contribution is 6.11. The Bertz CT molecular complexity index is 1050. The average Bonchev–Trinajstić information content (AvgIpc) is 3.04. The molecule has 0 spiro atoms. The molecule has 6 nitrogen and oxygen atoms in total. The van der Waals surface area contributed by atoms with Gasteiger partial charge in [0.15, 0.2) is 5.75 Å². The van der Waals surface area contributed by atoms with E-state index in [0.29, 0.717) is 33.5 Å². The lowest BCUT2D eigenvalue weighted by Gasteiger charge is -2.14. The van der Waals surface area contributed by atoms with Gasteiger partial charge in [0.1, 0.15) is 17.2 Å². The number of ether oxygens (including phenoxy) is 3. The summed E-state index contributed by atoms with van der Waals surface area (Å²) in [6, 6.07) is 11.0. The number of aromatic amines is 1. The van der Waals surface area contributed by atoms with Crippen LogP contribution in [-0.2, 0) is 0 Å². The van der Waals surface area contributed by atoms with Crippen LogP contribution in [0.1, 0.15) is 0 Å². The highest BCUT2D eigenvalue weighted by Crippen LogP contribution is 2.46. The summed E-state index contributed by atoms with van der Waals surface area (Å²) in [5.74, 6) is 2.38. The number of aromatic hydroxyl groups is 1. The van der Waals surface area contributed by atoms with Crippen LogP contribution in [0, 0.1) is 0 Å². The van der Waals surface area contributed by atoms with E-state index >= 15 is 0 Å². The number of aromatic nitrogens is 2. The second kappa shape index (κ2) is 5.90. The van der Waals surface area contributed by atoms with Crippen molar-refractivity contribution in [1.82, 2.24) is 9.97 Å². The Morgan fingerprint density at radius 2 is 1.68 bits per heavy atom. The Kier molecular flexibility index (Phi) is 3.57. The number of H-pyrrole nitrogens is 1. The topological polar surface area (TPSA) is 76.6 Å². The first kappa shape index (κ1) is 15.1. The van der Waals surface area contributed by atoms with Gasteiger partial charge in [-0.25, -0.2) is 4.98 Å². The van der Waals surface area contributed by atoms with Crippen molar-refractivity contribution in [3.63, 3.8) is 0 Å². The first-order chi connectivity index (χ1) is 12.2. The molecule has 0 fully saturated rings. The van der Waals surface area contributed by atoms with Crippen molar-refractivity contribution in [2.45, 2.75) is 0 Å². The fourth-order valence-corrected chi connectivity index (χ4v) is 2.94. The highest BCUT2D eigenvalue weighted by Gasteiger charge is 2.21. The van der Waals surface area contributed by atoms with Crippen molar-refractivity contribution in [3.8, 4) is 28.9 Å². The lowest BCUT2D eigenvalue weighted by atomic mass is 10.1. The number of pyridine rings is 1. The Morgan fingerprint density at radius 3 is 2.40 bits per heavy atom. The molecule has 0 aliphatic heterocycles. The number of nitrogens with one attached hydrogen (secondary N) is 1. The molecule has 0 unspecified atom stereocenters. The molecule has 0 amide bonds. The molecular weight excluding hydrogens is 320 g/mol. The van der Waals surface area contributed by atoms with Crippen molar-refractivity contribution in [2.75, 3.05) is 14.2 Å². The van der Waals surface area contributed by atoms with E-state index in [-0.39, 0.29) is 5.88 Å². The molecule has 0 bridgehead atoms. The van der Waals surface area contributed by atoms with Gasteiger partial charge in [0, 0.05) is 17.8 Å². The predicted molar refractivity (Wildman–Crippen MR) is 94.9 cm³/mol. The summed E-state index contributed by atoms with van der Waals surface area (Å²) in [6.45, 7) is 0. The molecule has 0 saturated carbocycles. The number of nitrogens with zero attached hydrogens (tertiary/aromatic N) is 1. The summed E-state index contributed by atoms with van der Waals surface area (Å²) < 4.78 is 16.8. The van der Waals surface area contributed by atoms with E-state index in [1.54, 1.807) is 38.7 Å². The minimum Gasteiger partial charge on any atom is -0.497 e. The SMILES string of the molecule is COc1ccc(Oc2c3[nH]cccc3c(OC)c3cnc(O)c23)cc1. The predicted octanol–water partition coefficient (Wildman–Crippen LogP) is 4.23. The first-order valence-corrected chi connectivity index (χ1v) is 7.69. The molecule has 0 radical (unpaired) electrons. The second-order valence-corrected chi connectivity index (χ2v) is 5.47. The molecule has 2 N–H and O–H groups in total. The van der Waals surface area contributed by atoms with Gasteiger partial charge in [-0.3, -0.25) is 0 Å². The summed E-state index contributed by atoms with van der Waals surface area (Å²) in [7, 11) is 3.20. The molecule has 25 heavy (non-hydrogen) atoms. The van der Waals surface area contributed by atoms with Crippen molar-refractivity contribution in [2.24, 2.45) is 0 Å². The van der Waals surface area contributed by atoms with Gasteiger partial charge < -0.3 is 24.3 Å². The quantitative estimate of drug-likeness (QED) is 0.583. The summed E-state index contributed by atoms with van der Waals surface area (Å²) in [4.78, 5) is 7.20. The Hall–Kier alpha value is -3.41. The second-order valence-electron chi connectivity index (χ2n) is 5.47. The Morgan fingerprint density at radius 1 is 0.920 bits per heavy atom. The normalized spacial score (nSPS) is 11.0. The monoisotopic (exact) mass is 336 g/mol. The number of rotatable bonds is 4. The molecule has 4 aromatic rings. The van der Waals surface area contributed by atoms with Crippen LogP contribution < -0.4 is 14.2 Å². The minimum absolute atomic E-state index is 0.101. The Labute approximate surface area is 143 Å². The van der Waals surface area contributed by atoms with Crippen molar-refractivity contribution in [1.29, 1.82) is 0 Å². The Balaban J connectivity index is 1.98. The van der Waals surface area contributed by atoms with Crippen LogP contribution in [-0.4, -0.2) is 29.3 Å². The molecule has 4 rings (SSSR count). The number of methoxy groups -OCH3 is 2.